The number of anilines is 1. The predicted molar refractivity (Wildman–Crippen MR) is 83.0 cm³/mol. The fourth-order valence-electron chi connectivity index (χ4n) is 1.97. The zero-order valence-electron chi connectivity index (χ0n) is 12.5. The molecule has 0 saturated carbocycles. The Balaban J connectivity index is 2.02. The highest BCUT2D eigenvalue weighted by molar-refractivity contribution is 6.32. The van der Waals surface area contributed by atoms with Gasteiger partial charge in [-0.1, -0.05) is 11.6 Å². The van der Waals surface area contributed by atoms with Crippen LogP contribution in [0.1, 0.15) is 16.7 Å². The minimum absolute atomic E-state index is 0.170. The number of carbonyl (C=O) groups excluding carboxylic acids is 1. The Morgan fingerprint density at radius 3 is 2.68 bits per heavy atom. The number of rotatable bonds is 4. The number of benzene rings is 1. The second-order valence-corrected chi connectivity index (χ2v) is 5.23. The molecule has 0 spiro atoms. The summed E-state index contributed by atoms with van der Waals surface area (Å²) in [5.41, 5.74) is 2.07. The van der Waals surface area contributed by atoms with Gasteiger partial charge in [-0.25, -0.2) is 0 Å². The van der Waals surface area contributed by atoms with E-state index in [1.165, 1.54) is 10.9 Å². The molecule has 1 amide bonds. The second kappa shape index (κ2) is 6.50. The van der Waals surface area contributed by atoms with E-state index in [9.17, 15) is 4.79 Å². The van der Waals surface area contributed by atoms with Gasteiger partial charge in [0, 0.05) is 12.1 Å². The quantitative estimate of drug-likeness (QED) is 0.939. The highest BCUT2D eigenvalue weighted by Crippen LogP contribution is 2.25. The molecule has 6 nitrogen and oxygen atoms in total. The smallest absolute Gasteiger partial charge is 0.263 e. The highest BCUT2D eigenvalue weighted by Gasteiger charge is 2.12. The summed E-state index contributed by atoms with van der Waals surface area (Å²) in [6, 6.07) is 5.51. The molecule has 1 aromatic carbocycles. The Morgan fingerprint density at radius 1 is 1.45 bits per heavy atom. The first-order chi connectivity index (χ1) is 10.4. The van der Waals surface area contributed by atoms with Gasteiger partial charge in [0.2, 0.25) is 0 Å². The summed E-state index contributed by atoms with van der Waals surface area (Å²) in [5.74, 6) is 0.546. The van der Waals surface area contributed by atoms with E-state index < -0.39 is 0 Å². The van der Waals surface area contributed by atoms with Gasteiger partial charge in [-0.3, -0.25) is 9.48 Å². The molecule has 114 valence electrons. The lowest BCUT2D eigenvalue weighted by Crippen LogP contribution is -2.22. The van der Waals surface area contributed by atoms with Crippen molar-refractivity contribution < 1.29 is 9.53 Å². The lowest BCUT2D eigenvalue weighted by atomic mass is 10.1. The molecule has 0 saturated heterocycles. The molecular weight excluding hydrogens is 304 g/mol. The molecule has 0 aliphatic carbocycles. The summed E-state index contributed by atoms with van der Waals surface area (Å²) in [6.45, 7) is 3.57. The average Bonchev–Trinajstić information content (AvgIpc) is 2.83. The van der Waals surface area contributed by atoms with E-state index in [1.54, 1.807) is 19.2 Å². The van der Waals surface area contributed by atoms with E-state index in [2.05, 4.69) is 10.4 Å². The first-order valence-electron chi connectivity index (χ1n) is 6.54. The van der Waals surface area contributed by atoms with Crippen LogP contribution in [0.5, 0.6) is 5.75 Å². The van der Waals surface area contributed by atoms with Crippen LogP contribution in [0.25, 0.3) is 0 Å². The molecule has 0 atom stereocenters. The number of carbonyl (C=O) groups is 1. The topological polar surface area (TPSA) is 79.9 Å². The van der Waals surface area contributed by atoms with E-state index in [4.69, 9.17) is 21.6 Å². The maximum atomic E-state index is 11.9. The first-order valence-corrected chi connectivity index (χ1v) is 6.91. The molecule has 0 bridgehead atoms. The molecule has 2 rings (SSSR count). The number of aryl methyl sites for hydroxylation is 3. The van der Waals surface area contributed by atoms with Crippen LogP contribution in [-0.4, -0.2) is 22.3 Å². The van der Waals surface area contributed by atoms with Crippen LogP contribution in [-0.2, 0) is 11.8 Å². The molecule has 0 radical (unpaired) electrons. The van der Waals surface area contributed by atoms with Gasteiger partial charge >= 0.3 is 0 Å². The third-order valence-electron chi connectivity index (χ3n) is 3.10. The van der Waals surface area contributed by atoms with E-state index in [0.29, 0.717) is 22.2 Å². The van der Waals surface area contributed by atoms with Gasteiger partial charge in [-0.05, 0) is 37.1 Å². The number of nitrogens with one attached hydrogen (secondary N) is 1. The monoisotopic (exact) mass is 318 g/mol. The Bertz CT molecular complexity index is 738. The van der Waals surface area contributed by atoms with Crippen molar-refractivity contribution in [1.82, 2.24) is 9.78 Å². The zero-order chi connectivity index (χ0) is 16.3. The van der Waals surface area contributed by atoms with E-state index in [1.807, 2.05) is 19.9 Å². The van der Waals surface area contributed by atoms with E-state index >= 15 is 0 Å². The Hall–Kier alpha value is -2.52. The van der Waals surface area contributed by atoms with Crippen LogP contribution in [0, 0.1) is 25.2 Å². The standard InChI is InChI=1S/C15H15ClN4O2/c1-9-4-12(5-10(2)14(9)16)22-8-13(21)19-15-11(6-17)7-18-20(15)3/h4-5,7H,8H2,1-3H3,(H,19,21). The fourth-order valence-corrected chi connectivity index (χ4v) is 2.08. The van der Waals surface area contributed by atoms with Crippen LogP contribution in [0.4, 0.5) is 5.82 Å². The minimum Gasteiger partial charge on any atom is -0.484 e. The summed E-state index contributed by atoms with van der Waals surface area (Å²) in [7, 11) is 1.64. The van der Waals surface area contributed by atoms with Crippen molar-refractivity contribution in [1.29, 1.82) is 5.26 Å². The number of nitrogens with zero attached hydrogens (tertiary/aromatic N) is 3. The molecular formula is C15H15ClN4O2. The third kappa shape index (κ3) is 3.38. The number of nitriles is 1. The largest absolute Gasteiger partial charge is 0.484 e. The number of ether oxygens (including phenoxy) is 1. The van der Waals surface area contributed by atoms with Crippen molar-refractivity contribution in [3.8, 4) is 11.8 Å². The van der Waals surface area contributed by atoms with Gasteiger partial charge in [0.1, 0.15) is 23.2 Å². The van der Waals surface area contributed by atoms with E-state index in [0.717, 1.165) is 11.1 Å². The molecule has 0 fully saturated rings. The molecule has 22 heavy (non-hydrogen) atoms. The molecule has 2 aromatic rings. The maximum absolute atomic E-state index is 11.9. The molecule has 1 heterocycles. The third-order valence-corrected chi connectivity index (χ3v) is 3.69. The number of hydrogen-bond acceptors (Lipinski definition) is 4. The first kappa shape index (κ1) is 15.9. The van der Waals surface area contributed by atoms with Gasteiger partial charge in [0.25, 0.3) is 5.91 Å². The van der Waals surface area contributed by atoms with Gasteiger partial charge in [0.05, 0.1) is 6.20 Å². The van der Waals surface area contributed by atoms with Gasteiger partial charge in [0.15, 0.2) is 6.61 Å². The molecule has 7 heteroatoms. The van der Waals surface area contributed by atoms with E-state index in [-0.39, 0.29) is 12.5 Å². The highest BCUT2D eigenvalue weighted by atomic mass is 35.5. The van der Waals surface area contributed by atoms with Crippen molar-refractivity contribution in [3.63, 3.8) is 0 Å². The number of amides is 1. The van der Waals surface area contributed by atoms with Crippen molar-refractivity contribution in [3.05, 3.63) is 40.0 Å². The summed E-state index contributed by atoms with van der Waals surface area (Å²) in [4.78, 5) is 11.9. The summed E-state index contributed by atoms with van der Waals surface area (Å²) >= 11 is 6.08. The number of halogens is 1. The summed E-state index contributed by atoms with van der Waals surface area (Å²) in [6.07, 6.45) is 1.39. The van der Waals surface area contributed by atoms with Crippen molar-refractivity contribution >= 4 is 23.3 Å². The Kier molecular flexibility index (Phi) is 4.68. The molecule has 0 aliphatic rings. The molecule has 0 unspecified atom stereocenters. The van der Waals surface area contributed by atoms with Crippen LogP contribution in [0.2, 0.25) is 5.02 Å². The summed E-state index contributed by atoms with van der Waals surface area (Å²) < 4.78 is 6.89. The SMILES string of the molecule is Cc1cc(OCC(=O)Nc2c(C#N)cnn2C)cc(C)c1Cl. The van der Waals surface area contributed by atoms with Gasteiger partial charge in [-0.2, -0.15) is 10.4 Å². The molecule has 0 aliphatic heterocycles. The lowest BCUT2D eigenvalue weighted by Gasteiger charge is -2.10. The number of hydrogen-bond donors (Lipinski definition) is 1. The van der Waals surface area contributed by atoms with Crippen molar-refractivity contribution in [2.45, 2.75) is 13.8 Å². The normalized spacial score (nSPS) is 10.1. The van der Waals surface area contributed by atoms with Crippen LogP contribution in [0.3, 0.4) is 0 Å². The van der Waals surface area contributed by atoms with Crippen molar-refractivity contribution in [2.24, 2.45) is 7.05 Å². The van der Waals surface area contributed by atoms with Crippen molar-refractivity contribution in [2.75, 3.05) is 11.9 Å². The molecule has 1 N–H and O–H groups in total. The maximum Gasteiger partial charge on any atom is 0.263 e. The zero-order valence-corrected chi connectivity index (χ0v) is 13.2. The Labute approximate surface area is 133 Å². The van der Waals surface area contributed by atoms with Gasteiger partial charge in [-0.15, -0.1) is 0 Å². The van der Waals surface area contributed by atoms with Gasteiger partial charge < -0.3 is 10.1 Å². The average molecular weight is 319 g/mol. The minimum atomic E-state index is -0.370. The number of aromatic nitrogens is 2. The lowest BCUT2D eigenvalue weighted by molar-refractivity contribution is -0.118. The summed E-state index contributed by atoms with van der Waals surface area (Å²) in [5, 5.41) is 16.2. The Morgan fingerprint density at radius 2 is 2.09 bits per heavy atom. The second-order valence-electron chi connectivity index (χ2n) is 4.85. The fraction of sp³-hybridized carbons (Fsp3) is 0.267. The van der Waals surface area contributed by atoms with Crippen LogP contribution < -0.4 is 10.1 Å². The van der Waals surface area contributed by atoms with Crippen LogP contribution >= 0.6 is 11.6 Å². The molecule has 1 aromatic heterocycles. The van der Waals surface area contributed by atoms with Crippen LogP contribution in [0.15, 0.2) is 18.3 Å². The predicted octanol–water partition coefficient (Wildman–Crippen LogP) is 2.58.